The molecule has 1 heterocycles. The van der Waals surface area contributed by atoms with Gasteiger partial charge in [-0.15, -0.1) is 0 Å². The van der Waals surface area contributed by atoms with Crippen molar-refractivity contribution in [2.24, 2.45) is 0 Å². The van der Waals surface area contributed by atoms with E-state index in [9.17, 15) is 0 Å². The zero-order valence-electron chi connectivity index (χ0n) is 38.8. The molecular weight excluding hydrogens is 833 g/mol. The highest BCUT2D eigenvalue weighted by Crippen LogP contribution is 2.57. The Labute approximate surface area is 404 Å². The van der Waals surface area contributed by atoms with Crippen LogP contribution in [0.5, 0.6) is 0 Å². The molecule has 0 unspecified atom stereocenters. The van der Waals surface area contributed by atoms with E-state index in [0.717, 1.165) is 22.5 Å². The number of para-hydroxylation sites is 1. The van der Waals surface area contributed by atoms with Gasteiger partial charge in [0.05, 0.1) is 16.4 Å². The summed E-state index contributed by atoms with van der Waals surface area (Å²) in [6.07, 6.45) is 8.97. The summed E-state index contributed by atoms with van der Waals surface area (Å²) in [5.41, 5.74) is 19.9. The Balaban J connectivity index is 0.928. The maximum absolute atomic E-state index is 3.83. The predicted octanol–water partition coefficient (Wildman–Crippen LogP) is 17.3. The molecule has 2 nitrogen and oxygen atoms in total. The number of fused-ring (bicyclic) bond motifs is 5. The second kappa shape index (κ2) is 17.5. The normalized spacial score (nSPS) is 14.3. The molecule has 2 heteroatoms. The second-order valence-corrected chi connectivity index (χ2v) is 18.3. The number of hydrogen-bond acceptors (Lipinski definition) is 1. The number of allylic oxidation sites excluding steroid dienone is 4. The first-order chi connectivity index (χ1) is 34.0. The van der Waals surface area contributed by atoms with E-state index in [1.54, 1.807) is 0 Å². The SMILES string of the molecule is Cc1cc(-c2ccc3c(c2)c2cc4ccccc4cc2n3-c2ccccc2)ccc1-c1cc(N/C=C2/C(=C\C=C/c3ccccc3)C(c3ccccc3)(c3ccccc3)c3ccccc32)ccc1C. The molecule has 1 aromatic heterocycles. The highest BCUT2D eigenvalue weighted by atomic mass is 15.0. The highest BCUT2D eigenvalue weighted by molar-refractivity contribution is 6.14. The van der Waals surface area contributed by atoms with Gasteiger partial charge in [0.25, 0.3) is 0 Å². The van der Waals surface area contributed by atoms with E-state index < -0.39 is 5.41 Å². The summed E-state index contributed by atoms with van der Waals surface area (Å²) in [7, 11) is 0. The van der Waals surface area contributed by atoms with Crippen molar-refractivity contribution in [1.29, 1.82) is 0 Å². The van der Waals surface area contributed by atoms with Crippen LogP contribution in [-0.2, 0) is 5.41 Å². The van der Waals surface area contributed by atoms with Gasteiger partial charge in [0.1, 0.15) is 0 Å². The van der Waals surface area contributed by atoms with Gasteiger partial charge in [0.2, 0.25) is 0 Å². The molecule has 0 fully saturated rings. The third-order valence-corrected chi connectivity index (χ3v) is 14.2. The molecule has 0 atom stereocenters. The molecule has 0 amide bonds. The van der Waals surface area contributed by atoms with Crippen LogP contribution in [0, 0.1) is 13.8 Å². The second-order valence-electron chi connectivity index (χ2n) is 18.3. The minimum absolute atomic E-state index is 0.539. The molecule has 12 rings (SSSR count). The number of nitrogens with one attached hydrogen (secondary N) is 1. The molecule has 0 saturated heterocycles. The van der Waals surface area contributed by atoms with Gasteiger partial charge in [-0.25, -0.2) is 0 Å². The lowest BCUT2D eigenvalue weighted by Crippen LogP contribution is -2.28. The molecular formula is C67H50N2. The van der Waals surface area contributed by atoms with E-state index in [2.05, 4.69) is 285 Å². The van der Waals surface area contributed by atoms with Crippen LogP contribution in [0.1, 0.15) is 38.9 Å². The van der Waals surface area contributed by atoms with Crippen molar-refractivity contribution in [3.8, 4) is 27.9 Å². The Hall–Kier alpha value is -8.72. The lowest BCUT2D eigenvalue weighted by Gasteiger charge is -2.34. The molecule has 10 aromatic carbocycles. The van der Waals surface area contributed by atoms with E-state index >= 15 is 0 Å². The molecule has 0 aliphatic heterocycles. The molecule has 11 aromatic rings. The molecule has 0 bridgehead atoms. The Morgan fingerprint density at radius 3 is 1.78 bits per heavy atom. The monoisotopic (exact) mass is 882 g/mol. The maximum Gasteiger partial charge on any atom is 0.0714 e. The summed E-state index contributed by atoms with van der Waals surface area (Å²) in [6.45, 7) is 4.46. The summed E-state index contributed by atoms with van der Waals surface area (Å²) in [5.74, 6) is 0. The van der Waals surface area contributed by atoms with Crippen LogP contribution in [0.15, 0.2) is 261 Å². The summed E-state index contributed by atoms with van der Waals surface area (Å²) >= 11 is 0. The van der Waals surface area contributed by atoms with E-state index in [1.165, 1.54) is 93.8 Å². The molecule has 69 heavy (non-hydrogen) atoms. The molecule has 328 valence electrons. The number of rotatable bonds is 9. The zero-order chi connectivity index (χ0) is 46.3. The average Bonchev–Trinajstić information content (AvgIpc) is 3.87. The van der Waals surface area contributed by atoms with Crippen LogP contribution >= 0.6 is 0 Å². The van der Waals surface area contributed by atoms with Gasteiger partial charge < -0.3 is 9.88 Å². The summed E-state index contributed by atoms with van der Waals surface area (Å²) in [4.78, 5) is 0. The lowest BCUT2D eigenvalue weighted by atomic mass is 9.67. The minimum Gasteiger partial charge on any atom is -0.361 e. The van der Waals surface area contributed by atoms with Gasteiger partial charge in [-0.1, -0.05) is 206 Å². The van der Waals surface area contributed by atoms with E-state index in [4.69, 9.17) is 0 Å². The van der Waals surface area contributed by atoms with Crippen LogP contribution in [0.2, 0.25) is 0 Å². The van der Waals surface area contributed by atoms with Crippen LogP contribution in [-0.4, -0.2) is 4.57 Å². The highest BCUT2D eigenvalue weighted by Gasteiger charge is 2.48. The van der Waals surface area contributed by atoms with Crippen LogP contribution < -0.4 is 5.32 Å². The van der Waals surface area contributed by atoms with Gasteiger partial charge in [-0.2, -0.15) is 0 Å². The summed E-state index contributed by atoms with van der Waals surface area (Å²) in [6, 6.07) is 86.2. The first kappa shape index (κ1) is 41.7. The van der Waals surface area contributed by atoms with Gasteiger partial charge in [-0.3, -0.25) is 0 Å². The van der Waals surface area contributed by atoms with Crippen LogP contribution in [0.25, 0.3) is 72.2 Å². The van der Waals surface area contributed by atoms with Crippen molar-refractivity contribution in [2.45, 2.75) is 19.3 Å². The van der Waals surface area contributed by atoms with Crippen molar-refractivity contribution < 1.29 is 0 Å². The number of aryl methyl sites for hydroxylation is 2. The van der Waals surface area contributed by atoms with Gasteiger partial charge >= 0.3 is 0 Å². The summed E-state index contributed by atoms with van der Waals surface area (Å²) in [5, 5.41) is 8.83. The molecule has 0 radical (unpaired) electrons. The number of aromatic nitrogens is 1. The quantitative estimate of drug-likeness (QED) is 0.153. The topological polar surface area (TPSA) is 17.0 Å². The fourth-order valence-corrected chi connectivity index (χ4v) is 10.9. The maximum atomic E-state index is 3.83. The third kappa shape index (κ3) is 7.30. The zero-order valence-corrected chi connectivity index (χ0v) is 38.8. The minimum atomic E-state index is -0.539. The summed E-state index contributed by atoms with van der Waals surface area (Å²) < 4.78 is 2.41. The number of nitrogens with zero attached hydrogens (tertiary/aromatic N) is 1. The van der Waals surface area contributed by atoms with Crippen molar-refractivity contribution in [1.82, 2.24) is 4.57 Å². The Bertz CT molecular complexity index is 3760. The lowest BCUT2D eigenvalue weighted by molar-refractivity contribution is 0.769. The largest absolute Gasteiger partial charge is 0.361 e. The number of anilines is 1. The fourth-order valence-electron chi connectivity index (χ4n) is 10.9. The Kier molecular flexibility index (Phi) is 10.6. The fraction of sp³-hybridized carbons (Fsp3) is 0.0448. The smallest absolute Gasteiger partial charge is 0.0714 e. The van der Waals surface area contributed by atoms with Crippen LogP contribution in [0.4, 0.5) is 5.69 Å². The molecule has 1 N–H and O–H groups in total. The number of benzene rings is 10. The predicted molar refractivity (Wildman–Crippen MR) is 293 cm³/mol. The van der Waals surface area contributed by atoms with Gasteiger partial charge in [-0.05, 0) is 140 Å². The van der Waals surface area contributed by atoms with E-state index in [0.29, 0.717) is 0 Å². The Morgan fingerprint density at radius 2 is 1.06 bits per heavy atom. The molecule has 1 aliphatic carbocycles. The number of hydrogen-bond donors (Lipinski definition) is 1. The Morgan fingerprint density at radius 1 is 0.449 bits per heavy atom. The van der Waals surface area contributed by atoms with Crippen molar-refractivity contribution in [2.75, 3.05) is 5.32 Å². The van der Waals surface area contributed by atoms with Crippen LogP contribution in [0.3, 0.4) is 0 Å². The average molecular weight is 883 g/mol. The van der Waals surface area contributed by atoms with Crippen molar-refractivity contribution in [3.63, 3.8) is 0 Å². The standard InChI is InChI=1S/C67H50N2/c1-46-34-37-55(68-45-62-58-31-17-18-32-63(58)67(53-25-9-4-10-26-53,54-27-11-5-12-28-54)64(62)33-19-22-48-20-7-3-8-21-48)44-59(46)57-38-35-51(40-47(57)2)52-36-39-65-60(42-52)61-41-49-23-15-16-24-50(49)43-66(61)69(65)56-29-13-6-14-30-56/h3-45,68H,1-2H3/b22-19-,62-45+,64-33+. The molecule has 0 saturated carbocycles. The van der Waals surface area contributed by atoms with E-state index in [1.807, 2.05) is 0 Å². The van der Waals surface area contributed by atoms with Gasteiger partial charge in [0.15, 0.2) is 0 Å². The molecule has 1 aliphatic rings. The molecule has 0 spiro atoms. The first-order valence-corrected chi connectivity index (χ1v) is 23.9. The van der Waals surface area contributed by atoms with Crippen molar-refractivity contribution >= 4 is 49.9 Å². The third-order valence-electron chi connectivity index (χ3n) is 14.2. The van der Waals surface area contributed by atoms with Gasteiger partial charge in [0, 0.05) is 33.9 Å². The first-order valence-electron chi connectivity index (χ1n) is 23.9. The van der Waals surface area contributed by atoms with Crippen molar-refractivity contribution in [3.05, 3.63) is 299 Å². The van der Waals surface area contributed by atoms with E-state index in [-0.39, 0.29) is 0 Å².